The number of hydrogen-bond donors (Lipinski definition) is 0. The third kappa shape index (κ3) is 3.34. The Hall–Kier alpha value is -1.23. The van der Waals surface area contributed by atoms with Crippen LogP contribution in [0.4, 0.5) is 0 Å². The summed E-state index contributed by atoms with van der Waals surface area (Å²) in [6, 6.07) is 5.76. The van der Waals surface area contributed by atoms with E-state index >= 15 is 0 Å². The Bertz CT molecular complexity index is 507. The Morgan fingerprint density at radius 3 is 2.95 bits per heavy atom. The van der Waals surface area contributed by atoms with E-state index in [1.54, 1.807) is 12.1 Å². The van der Waals surface area contributed by atoms with E-state index in [0.29, 0.717) is 22.7 Å². The lowest BCUT2D eigenvalue weighted by atomic mass is 9.78. The summed E-state index contributed by atoms with van der Waals surface area (Å²) < 4.78 is 0.831. The number of aromatic nitrogens is 1. The fourth-order valence-corrected chi connectivity index (χ4v) is 4.48. The molecule has 21 heavy (non-hydrogen) atoms. The predicted octanol–water partition coefficient (Wildman–Crippen LogP) is 2.59. The van der Waals surface area contributed by atoms with Gasteiger partial charge in [-0.05, 0) is 49.4 Å². The van der Waals surface area contributed by atoms with E-state index < -0.39 is 0 Å². The average Bonchev–Trinajstić information content (AvgIpc) is 2.53. The van der Waals surface area contributed by atoms with Crippen LogP contribution in [0.5, 0.6) is 0 Å². The molecular formula is C16H22N2O2S. The van der Waals surface area contributed by atoms with E-state index in [-0.39, 0.29) is 5.91 Å². The third-order valence-corrected chi connectivity index (χ3v) is 5.70. The first-order valence-electron chi connectivity index (χ1n) is 7.86. The van der Waals surface area contributed by atoms with Crippen LogP contribution in [-0.4, -0.2) is 29.1 Å². The largest absolute Gasteiger partial charge is 0.618 e. The lowest BCUT2D eigenvalue weighted by Crippen LogP contribution is -2.50. The molecule has 0 radical (unpaired) electrons. The number of amides is 1. The number of thioether (sulfide) groups is 1. The number of likely N-dealkylation sites (tertiary alicyclic amines) is 1. The summed E-state index contributed by atoms with van der Waals surface area (Å²) in [5.74, 6) is 1.28. The fourth-order valence-electron chi connectivity index (χ4n) is 3.68. The number of carbonyl (C=O) groups excluding carboxylic acids is 1. The first-order valence-corrected chi connectivity index (χ1v) is 8.85. The number of rotatable bonds is 3. The van der Waals surface area contributed by atoms with Gasteiger partial charge in [-0.1, -0.05) is 12.8 Å². The van der Waals surface area contributed by atoms with Crippen molar-refractivity contribution in [2.75, 3.05) is 12.3 Å². The first-order chi connectivity index (χ1) is 10.3. The summed E-state index contributed by atoms with van der Waals surface area (Å²) in [5, 5.41) is 12.2. The number of piperidine rings is 1. The second kappa shape index (κ2) is 6.69. The maximum Gasteiger partial charge on any atom is 0.251 e. The van der Waals surface area contributed by atoms with Gasteiger partial charge in [0.1, 0.15) is 0 Å². The van der Waals surface area contributed by atoms with Crippen molar-refractivity contribution in [3.05, 3.63) is 29.6 Å². The van der Waals surface area contributed by atoms with E-state index in [4.69, 9.17) is 0 Å². The van der Waals surface area contributed by atoms with Gasteiger partial charge in [-0.3, -0.25) is 4.79 Å². The van der Waals surface area contributed by atoms with Gasteiger partial charge >= 0.3 is 0 Å². The highest BCUT2D eigenvalue weighted by atomic mass is 32.2. The van der Waals surface area contributed by atoms with Crippen LogP contribution in [0.15, 0.2) is 29.4 Å². The normalized spacial score (nSPS) is 25.4. The minimum atomic E-state index is 0.195. The molecule has 2 heterocycles. The Morgan fingerprint density at radius 2 is 2.10 bits per heavy atom. The van der Waals surface area contributed by atoms with Crippen molar-refractivity contribution in [1.29, 1.82) is 0 Å². The van der Waals surface area contributed by atoms with Crippen LogP contribution in [0.1, 0.15) is 38.5 Å². The average molecular weight is 306 g/mol. The predicted molar refractivity (Wildman–Crippen MR) is 82.8 cm³/mol. The van der Waals surface area contributed by atoms with Gasteiger partial charge < -0.3 is 10.1 Å². The van der Waals surface area contributed by atoms with Gasteiger partial charge in [0, 0.05) is 24.7 Å². The Labute approximate surface area is 130 Å². The smallest absolute Gasteiger partial charge is 0.251 e. The van der Waals surface area contributed by atoms with Crippen molar-refractivity contribution in [3.8, 4) is 0 Å². The quantitative estimate of drug-likeness (QED) is 0.490. The summed E-state index contributed by atoms with van der Waals surface area (Å²) in [5.41, 5.74) is 0. The maximum atomic E-state index is 12.5. The number of pyridine rings is 1. The number of hydrogen-bond acceptors (Lipinski definition) is 3. The van der Waals surface area contributed by atoms with Gasteiger partial charge in [-0.25, -0.2) is 0 Å². The molecule has 1 amide bonds. The van der Waals surface area contributed by atoms with Gasteiger partial charge in [0.05, 0.1) is 5.75 Å². The summed E-state index contributed by atoms with van der Waals surface area (Å²) >= 11 is 1.35. The molecule has 0 unspecified atom stereocenters. The van der Waals surface area contributed by atoms with Crippen molar-refractivity contribution in [1.82, 2.24) is 4.90 Å². The van der Waals surface area contributed by atoms with Gasteiger partial charge in [-0.15, -0.1) is 0 Å². The van der Waals surface area contributed by atoms with Crippen molar-refractivity contribution in [2.45, 2.75) is 49.6 Å². The first kappa shape index (κ1) is 14.7. The van der Waals surface area contributed by atoms with Crippen molar-refractivity contribution in [3.63, 3.8) is 0 Å². The lowest BCUT2D eigenvalue weighted by molar-refractivity contribution is -0.645. The zero-order chi connectivity index (χ0) is 14.7. The molecule has 1 saturated carbocycles. The van der Waals surface area contributed by atoms with Gasteiger partial charge in [0.25, 0.3) is 5.03 Å². The van der Waals surface area contributed by atoms with Crippen LogP contribution in [-0.2, 0) is 4.79 Å². The molecule has 1 aromatic heterocycles. The molecule has 2 aliphatic rings. The van der Waals surface area contributed by atoms with E-state index in [2.05, 4.69) is 4.90 Å². The highest BCUT2D eigenvalue weighted by Crippen LogP contribution is 2.35. The Kier molecular flexibility index (Phi) is 4.68. The SMILES string of the molecule is O=C(CSc1cccc[n+]1[O-])N1CCC[C@@H]2CCCC[C@H]21. The molecule has 2 fully saturated rings. The maximum absolute atomic E-state index is 12.5. The topological polar surface area (TPSA) is 47.2 Å². The molecule has 1 aromatic rings. The second-order valence-electron chi connectivity index (χ2n) is 5.99. The van der Waals surface area contributed by atoms with Crippen molar-refractivity contribution >= 4 is 17.7 Å². The molecular weight excluding hydrogens is 284 g/mol. The molecule has 114 valence electrons. The molecule has 1 aliphatic heterocycles. The second-order valence-corrected chi connectivity index (χ2v) is 6.99. The fraction of sp³-hybridized carbons (Fsp3) is 0.625. The van der Waals surface area contributed by atoms with Crippen LogP contribution in [0.3, 0.4) is 0 Å². The van der Waals surface area contributed by atoms with Crippen molar-refractivity contribution in [2.24, 2.45) is 5.92 Å². The van der Waals surface area contributed by atoms with E-state index in [1.165, 1.54) is 43.6 Å². The molecule has 0 bridgehead atoms. The molecule has 1 aliphatic carbocycles. The minimum absolute atomic E-state index is 0.195. The van der Waals surface area contributed by atoms with Crippen LogP contribution in [0.2, 0.25) is 0 Å². The zero-order valence-electron chi connectivity index (χ0n) is 12.2. The highest BCUT2D eigenvalue weighted by Gasteiger charge is 2.35. The summed E-state index contributed by atoms with van der Waals surface area (Å²) in [4.78, 5) is 14.6. The van der Waals surface area contributed by atoms with Gasteiger partial charge in [-0.2, -0.15) is 4.73 Å². The van der Waals surface area contributed by atoms with Crippen LogP contribution >= 0.6 is 11.8 Å². The molecule has 1 saturated heterocycles. The molecule has 5 heteroatoms. The summed E-state index contributed by atoms with van der Waals surface area (Å²) in [6.07, 6.45) is 8.89. The summed E-state index contributed by atoms with van der Waals surface area (Å²) in [7, 11) is 0. The molecule has 0 aromatic carbocycles. The van der Waals surface area contributed by atoms with Gasteiger partial charge in [0.2, 0.25) is 5.91 Å². The highest BCUT2D eigenvalue weighted by molar-refractivity contribution is 7.99. The molecule has 4 nitrogen and oxygen atoms in total. The zero-order valence-corrected chi connectivity index (χ0v) is 13.1. The third-order valence-electron chi connectivity index (χ3n) is 4.70. The molecule has 2 atom stereocenters. The monoisotopic (exact) mass is 306 g/mol. The molecule has 3 rings (SSSR count). The van der Waals surface area contributed by atoms with E-state index in [1.807, 2.05) is 6.07 Å². The molecule has 0 spiro atoms. The van der Waals surface area contributed by atoms with Crippen LogP contribution < -0.4 is 4.73 Å². The summed E-state index contributed by atoms with van der Waals surface area (Å²) in [6.45, 7) is 0.896. The van der Waals surface area contributed by atoms with Crippen molar-refractivity contribution < 1.29 is 9.52 Å². The number of fused-ring (bicyclic) bond motifs is 1. The molecule has 0 N–H and O–H groups in total. The Balaban J connectivity index is 1.60. The van der Waals surface area contributed by atoms with E-state index in [0.717, 1.165) is 24.1 Å². The number of nitrogens with zero attached hydrogens (tertiary/aromatic N) is 2. The standard InChI is InChI=1S/C16H22N2O2S/c19-15(12-21-16-9-3-4-11-18(16)20)17-10-5-7-13-6-1-2-8-14(13)17/h3-4,9,11,13-14H,1-2,5-8,10,12H2/t13-,14+/m0/s1. The minimum Gasteiger partial charge on any atom is -0.618 e. The number of carbonyl (C=O) groups is 1. The lowest BCUT2D eigenvalue weighted by Gasteiger charge is -2.44. The van der Waals surface area contributed by atoms with Gasteiger partial charge in [0.15, 0.2) is 6.20 Å². The van der Waals surface area contributed by atoms with Crippen LogP contribution in [0.25, 0.3) is 0 Å². The van der Waals surface area contributed by atoms with Crippen LogP contribution in [0, 0.1) is 11.1 Å². The Morgan fingerprint density at radius 1 is 1.29 bits per heavy atom. The van der Waals surface area contributed by atoms with E-state index in [9.17, 15) is 10.0 Å².